The Balaban J connectivity index is 2.19. The van der Waals surface area contributed by atoms with Crippen LogP contribution in [-0.4, -0.2) is 9.36 Å². The fourth-order valence-electron chi connectivity index (χ4n) is 1.89. The Kier molecular flexibility index (Phi) is 2.46. The first-order chi connectivity index (χ1) is 5.77. The van der Waals surface area contributed by atoms with Gasteiger partial charge in [-0.2, -0.15) is 4.37 Å². The monoisotopic (exact) mass is 246 g/mol. The number of halogens is 1. The highest BCUT2D eigenvalue weighted by Crippen LogP contribution is 2.38. The number of hydrogen-bond donors (Lipinski definition) is 0. The minimum Gasteiger partial charge on any atom is -0.212 e. The van der Waals surface area contributed by atoms with Crippen molar-refractivity contribution in [2.24, 2.45) is 5.92 Å². The van der Waals surface area contributed by atoms with Crippen LogP contribution in [0.2, 0.25) is 0 Å². The second kappa shape index (κ2) is 3.42. The fraction of sp³-hybridized carbons (Fsp3) is 0.750. The number of hydrogen-bond acceptors (Lipinski definition) is 3. The molecule has 4 heteroatoms. The molecule has 1 aliphatic rings. The van der Waals surface area contributed by atoms with E-state index in [2.05, 4.69) is 32.2 Å². The molecule has 2 nitrogen and oxygen atoms in total. The van der Waals surface area contributed by atoms with Gasteiger partial charge in [0.1, 0.15) is 5.82 Å². The van der Waals surface area contributed by atoms with Crippen LogP contribution >= 0.6 is 27.5 Å². The van der Waals surface area contributed by atoms with Gasteiger partial charge in [-0.3, -0.25) is 0 Å². The van der Waals surface area contributed by atoms with E-state index in [4.69, 9.17) is 0 Å². The van der Waals surface area contributed by atoms with Gasteiger partial charge in [0.25, 0.3) is 0 Å². The van der Waals surface area contributed by atoms with E-state index in [1.54, 1.807) is 0 Å². The van der Waals surface area contributed by atoms with Gasteiger partial charge in [-0.25, -0.2) is 4.98 Å². The Morgan fingerprint density at radius 1 is 1.50 bits per heavy atom. The van der Waals surface area contributed by atoms with E-state index in [9.17, 15) is 0 Å². The lowest BCUT2D eigenvalue weighted by Gasteiger charge is -2.09. The first-order valence-corrected chi connectivity index (χ1v) is 5.83. The van der Waals surface area contributed by atoms with E-state index in [1.807, 2.05) is 0 Å². The van der Waals surface area contributed by atoms with Crippen LogP contribution in [0.15, 0.2) is 3.92 Å². The molecule has 66 valence electrons. The van der Waals surface area contributed by atoms with Gasteiger partial charge in [-0.15, -0.1) is 0 Å². The van der Waals surface area contributed by atoms with E-state index >= 15 is 0 Å². The minimum absolute atomic E-state index is 0.618. The van der Waals surface area contributed by atoms with Crippen molar-refractivity contribution in [3.63, 3.8) is 0 Å². The summed E-state index contributed by atoms with van der Waals surface area (Å²) >= 11 is 4.79. The molecule has 12 heavy (non-hydrogen) atoms. The number of rotatable bonds is 1. The third kappa shape index (κ3) is 1.55. The van der Waals surface area contributed by atoms with Gasteiger partial charge in [0.2, 0.25) is 0 Å². The van der Waals surface area contributed by atoms with E-state index < -0.39 is 0 Å². The molecule has 0 amide bonds. The first-order valence-electron chi connectivity index (χ1n) is 4.26. The maximum atomic E-state index is 4.37. The summed E-state index contributed by atoms with van der Waals surface area (Å²) in [7, 11) is 0. The SMILES string of the molecule is CC1CCCC1c1nsc(Br)n1. The summed E-state index contributed by atoms with van der Waals surface area (Å²) in [6.07, 6.45) is 3.94. The van der Waals surface area contributed by atoms with Gasteiger partial charge >= 0.3 is 0 Å². The predicted octanol–water partition coefficient (Wildman–Crippen LogP) is 3.20. The molecular formula is C8H11BrN2S. The highest BCUT2D eigenvalue weighted by Gasteiger charge is 2.27. The van der Waals surface area contributed by atoms with Crippen LogP contribution in [0.3, 0.4) is 0 Å². The quantitative estimate of drug-likeness (QED) is 0.761. The van der Waals surface area contributed by atoms with Crippen molar-refractivity contribution in [3.05, 3.63) is 9.74 Å². The second-order valence-corrected chi connectivity index (χ2v) is 5.45. The molecular weight excluding hydrogens is 236 g/mol. The lowest BCUT2D eigenvalue weighted by Crippen LogP contribution is -2.03. The summed E-state index contributed by atoms with van der Waals surface area (Å²) in [5.74, 6) is 2.44. The summed E-state index contributed by atoms with van der Waals surface area (Å²) < 4.78 is 5.25. The van der Waals surface area contributed by atoms with Gasteiger partial charge in [-0.1, -0.05) is 13.3 Å². The lowest BCUT2D eigenvalue weighted by molar-refractivity contribution is 0.514. The molecule has 0 radical (unpaired) electrons. The Bertz CT molecular complexity index is 274. The maximum Gasteiger partial charge on any atom is 0.179 e. The highest BCUT2D eigenvalue weighted by molar-refractivity contribution is 9.11. The molecule has 1 fully saturated rings. The molecule has 2 rings (SSSR count). The predicted molar refractivity (Wildman–Crippen MR) is 53.4 cm³/mol. The second-order valence-electron chi connectivity index (χ2n) is 3.42. The number of aromatic nitrogens is 2. The Morgan fingerprint density at radius 3 is 2.83 bits per heavy atom. The van der Waals surface area contributed by atoms with Crippen molar-refractivity contribution in [3.8, 4) is 0 Å². The first kappa shape index (κ1) is 8.63. The van der Waals surface area contributed by atoms with Crippen LogP contribution in [0.1, 0.15) is 37.9 Å². The molecule has 0 aliphatic heterocycles. The molecule has 1 aromatic rings. The fourth-order valence-corrected chi connectivity index (χ4v) is 2.77. The molecule has 1 saturated carbocycles. The van der Waals surface area contributed by atoms with Crippen molar-refractivity contribution >= 4 is 27.5 Å². The molecule has 2 unspecified atom stereocenters. The van der Waals surface area contributed by atoms with Crippen LogP contribution in [0.5, 0.6) is 0 Å². The molecule has 1 aromatic heterocycles. The summed E-state index contributed by atoms with van der Waals surface area (Å²) in [6, 6.07) is 0. The highest BCUT2D eigenvalue weighted by atomic mass is 79.9. The van der Waals surface area contributed by atoms with Crippen molar-refractivity contribution in [2.45, 2.75) is 32.1 Å². The van der Waals surface area contributed by atoms with Crippen LogP contribution in [0.4, 0.5) is 0 Å². The molecule has 0 aromatic carbocycles. The Labute approximate surface area is 84.7 Å². The van der Waals surface area contributed by atoms with Crippen molar-refractivity contribution in [2.75, 3.05) is 0 Å². The van der Waals surface area contributed by atoms with Crippen LogP contribution in [0, 0.1) is 5.92 Å². The van der Waals surface area contributed by atoms with Crippen molar-refractivity contribution < 1.29 is 0 Å². The molecule has 1 aliphatic carbocycles. The zero-order valence-corrected chi connectivity index (χ0v) is 9.36. The molecule has 0 spiro atoms. The average Bonchev–Trinajstić information content (AvgIpc) is 2.58. The minimum atomic E-state index is 0.618. The Hall–Kier alpha value is 0.0400. The zero-order valence-electron chi connectivity index (χ0n) is 6.96. The van der Waals surface area contributed by atoms with Gasteiger partial charge < -0.3 is 0 Å². The topological polar surface area (TPSA) is 25.8 Å². The van der Waals surface area contributed by atoms with Gasteiger partial charge in [0.15, 0.2) is 3.92 Å². The molecule has 0 saturated heterocycles. The normalized spacial score (nSPS) is 29.5. The van der Waals surface area contributed by atoms with Gasteiger partial charge in [-0.05, 0) is 46.2 Å². The van der Waals surface area contributed by atoms with E-state index in [1.165, 1.54) is 30.8 Å². The van der Waals surface area contributed by atoms with E-state index in [-0.39, 0.29) is 0 Å². The van der Waals surface area contributed by atoms with Crippen molar-refractivity contribution in [1.29, 1.82) is 0 Å². The summed E-state index contributed by atoms with van der Waals surface area (Å²) in [4.78, 5) is 4.37. The standard InChI is InChI=1S/C8H11BrN2S/c1-5-3-2-4-6(5)7-10-8(9)12-11-7/h5-6H,2-4H2,1H3. The molecule has 0 bridgehead atoms. The average molecular weight is 247 g/mol. The molecule has 2 atom stereocenters. The van der Waals surface area contributed by atoms with Crippen LogP contribution in [-0.2, 0) is 0 Å². The number of nitrogens with zero attached hydrogens (tertiary/aromatic N) is 2. The Morgan fingerprint density at radius 2 is 2.33 bits per heavy atom. The largest absolute Gasteiger partial charge is 0.212 e. The molecule has 0 N–H and O–H groups in total. The molecule has 1 heterocycles. The van der Waals surface area contributed by atoms with E-state index in [0.29, 0.717) is 5.92 Å². The van der Waals surface area contributed by atoms with Gasteiger partial charge in [0.05, 0.1) is 0 Å². The van der Waals surface area contributed by atoms with E-state index in [0.717, 1.165) is 15.7 Å². The third-order valence-electron chi connectivity index (χ3n) is 2.61. The summed E-state index contributed by atoms with van der Waals surface area (Å²) in [5.41, 5.74) is 0. The lowest BCUT2D eigenvalue weighted by atomic mass is 9.98. The maximum absolute atomic E-state index is 4.37. The zero-order chi connectivity index (χ0) is 8.55. The van der Waals surface area contributed by atoms with Crippen LogP contribution in [0.25, 0.3) is 0 Å². The van der Waals surface area contributed by atoms with Crippen LogP contribution < -0.4 is 0 Å². The summed E-state index contributed by atoms with van der Waals surface area (Å²) in [6.45, 7) is 2.30. The van der Waals surface area contributed by atoms with Gasteiger partial charge in [0, 0.05) is 5.92 Å². The third-order valence-corrected chi connectivity index (χ3v) is 3.74. The van der Waals surface area contributed by atoms with Crippen molar-refractivity contribution in [1.82, 2.24) is 9.36 Å². The summed E-state index contributed by atoms with van der Waals surface area (Å²) in [5, 5.41) is 0. The smallest absolute Gasteiger partial charge is 0.179 e.